The highest BCUT2D eigenvalue weighted by Gasteiger charge is 2.35. The SMILES string of the molecule is CCN1c2ccc(I)cc2NCC2COCC21. The zero-order valence-corrected chi connectivity index (χ0v) is 12.1. The maximum Gasteiger partial charge on any atom is 0.0674 e. The van der Waals surface area contributed by atoms with Crippen molar-refractivity contribution in [3.05, 3.63) is 21.8 Å². The molecule has 1 aromatic carbocycles. The highest BCUT2D eigenvalue weighted by Crippen LogP contribution is 2.35. The summed E-state index contributed by atoms with van der Waals surface area (Å²) < 4.78 is 6.92. The Morgan fingerprint density at radius 2 is 2.35 bits per heavy atom. The van der Waals surface area contributed by atoms with E-state index in [1.54, 1.807) is 0 Å². The van der Waals surface area contributed by atoms with Crippen LogP contribution in [-0.4, -0.2) is 32.3 Å². The van der Waals surface area contributed by atoms with E-state index in [0.717, 1.165) is 26.3 Å². The molecule has 0 aliphatic carbocycles. The van der Waals surface area contributed by atoms with E-state index in [-0.39, 0.29) is 0 Å². The molecule has 3 nitrogen and oxygen atoms in total. The molecule has 1 aromatic rings. The minimum Gasteiger partial charge on any atom is -0.383 e. The van der Waals surface area contributed by atoms with Gasteiger partial charge < -0.3 is 15.0 Å². The molecular formula is C13H17IN2O. The molecule has 2 atom stereocenters. The molecule has 2 aliphatic rings. The molecule has 1 N–H and O–H groups in total. The summed E-state index contributed by atoms with van der Waals surface area (Å²) in [5.74, 6) is 0.611. The molecule has 2 unspecified atom stereocenters. The van der Waals surface area contributed by atoms with Gasteiger partial charge in [-0.15, -0.1) is 0 Å². The number of rotatable bonds is 1. The van der Waals surface area contributed by atoms with E-state index >= 15 is 0 Å². The van der Waals surface area contributed by atoms with Gasteiger partial charge in [-0.1, -0.05) is 0 Å². The average Bonchev–Trinajstić information content (AvgIpc) is 2.73. The zero-order chi connectivity index (χ0) is 11.8. The molecule has 0 amide bonds. The highest BCUT2D eigenvalue weighted by molar-refractivity contribution is 14.1. The van der Waals surface area contributed by atoms with Gasteiger partial charge in [-0.2, -0.15) is 0 Å². The van der Waals surface area contributed by atoms with Crippen molar-refractivity contribution >= 4 is 34.0 Å². The lowest BCUT2D eigenvalue weighted by Crippen LogP contribution is -2.40. The van der Waals surface area contributed by atoms with Crippen LogP contribution in [0.25, 0.3) is 0 Å². The molecule has 0 spiro atoms. The molecule has 1 fully saturated rings. The summed E-state index contributed by atoms with van der Waals surface area (Å²) in [6.07, 6.45) is 0. The van der Waals surface area contributed by atoms with Crippen LogP contribution in [-0.2, 0) is 4.74 Å². The predicted molar refractivity (Wildman–Crippen MR) is 78.8 cm³/mol. The first-order valence-corrected chi connectivity index (χ1v) is 7.25. The van der Waals surface area contributed by atoms with Crippen molar-refractivity contribution in [2.24, 2.45) is 5.92 Å². The summed E-state index contributed by atoms with van der Waals surface area (Å²) in [4.78, 5) is 2.49. The standard InChI is InChI=1S/C13H17IN2O/c1-2-16-12-4-3-10(14)5-11(12)15-6-9-7-17-8-13(9)16/h3-5,9,13,15H,2,6-8H2,1H3. The summed E-state index contributed by atoms with van der Waals surface area (Å²) >= 11 is 2.37. The maximum absolute atomic E-state index is 5.63. The summed E-state index contributed by atoms with van der Waals surface area (Å²) in [7, 11) is 0. The third kappa shape index (κ3) is 2.01. The average molecular weight is 344 g/mol. The van der Waals surface area contributed by atoms with Crippen LogP contribution in [0.1, 0.15) is 6.92 Å². The van der Waals surface area contributed by atoms with Crippen LogP contribution in [0.15, 0.2) is 18.2 Å². The third-order valence-electron chi connectivity index (χ3n) is 3.73. The number of anilines is 2. The Morgan fingerprint density at radius 1 is 1.47 bits per heavy atom. The lowest BCUT2D eigenvalue weighted by molar-refractivity contribution is 0.185. The Kier molecular flexibility index (Phi) is 3.17. The zero-order valence-electron chi connectivity index (χ0n) is 9.95. The van der Waals surface area contributed by atoms with Crippen LogP contribution in [0.5, 0.6) is 0 Å². The Labute approximate surface area is 116 Å². The smallest absolute Gasteiger partial charge is 0.0674 e. The van der Waals surface area contributed by atoms with Gasteiger partial charge >= 0.3 is 0 Å². The molecule has 3 rings (SSSR count). The summed E-state index contributed by atoms with van der Waals surface area (Å²) in [5.41, 5.74) is 2.60. The number of nitrogens with one attached hydrogen (secondary N) is 1. The molecular weight excluding hydrogens is 327 g/mol. The van der Waals surface area contributed by atoms with Crippen LogP contribution in [0.4, 0.5) is 11.4 Å². The van der Waals surface area contributed by atoms with Crippen LogP contribution in [0.2, 0.25) is 0 Å². The van der Waals surface area contributed by atoms with E-state index in [9.17, 15) is 0 Å². The first-order chi connectivity index (χ1) is 8.29. The quantitative estimate of drug-likeness (QED) is 0.793. The Bertz CT molecular complexity index is 424. The number of benzene rings is 1. The van der Waals surface area contributed by atoms with Gasteiger partial charge in [0.25, 0.3) is 0 Å². The minimum absolute atomic E-state index is 0.536. The van der Waals surface area contributed by atoms with Crippen molar-refractivity contribution in [2.45, 2.75) is 13.0 Å². The van der Waals surface area contributed by atoms with Crippen molar-refractivity contribution in [3.63, 3.8) is 0 Å². The lowest BCUT2D eigenvalue weighted by atomic mass is 10.0. The van der Waals surface area contributed by atoms with Crippen LogP contribution in [0, 0.1) is 9.49 Å². The summed E-state index contributed by atoms with van der Waals surface area (Å²) in [6.45, 7) is 6.04. The van der Waals surface area contributed by atoms with Crippen LogP contribution in [0.3, 0.4) is 0 Å². The van der Waals surface area contributed by atoms with E-state index in [1.165, 1.54) is 14.9 Å². The summed E-state index contributed by atoms with van der Waals surface area (Å²) in [5, 5.41) is 3.58. The Morgan fingerprint density at radius 3 is 3.18 bits per heavy atom. The number of nitrogens with zero attached hydrogens (tertiary/aromatic N) is 1. The van der Waals surface area contributed by atoms with Crippen LogP contribution >= 0.6 is 22.6 Å². The fourth-order valence-corrected chi connectivity index (χ4v) is 3.34. The van der Waals surface area contributed by atoms with Crippen molar-refractivity contribution in [1.82, 2.24) is 0 Å². The van der Waals surface area contributed by atoms with Crippen molar-refractivity contribution < 1.29 is 4.74 Å². The number of fused-ring (bicyclic) bond motifs is 2. The molecule has 1 saturated heterocycles. The maximum atomic E-state index is 5.63. The van der Waals surface area contributed by atoms with E-state index in [4.69, 9.17) is 4.74 Å². The molecule has 0 aromatic heterocycles. The van der Waals surface area contributed by atoms with Crippen LogP contribution < -0.4 is 10.2 Å². The van der Waals surface area contributed by atoms with Gasteiger partial charge in [-0.05, 0) is 47.7 Å². The molecule has 4 heteroatoms. The lowest BCUT2D eigenvalue weighted by Gasteiger charge is -2.30. The van der Waals surface area contributed by atoms with E-state index in [2.05, 4.69) is 57.9 Å². The summed E-state index contributed by atoms with van der Waals surface area (Å²) in [6, 6.07) is 7.18. The van der Waals surface area contributed by atoms with Crippen molar-refractivity contribution in [3.8, 4) is 0 Å². The number of ether oxygens (including phenoxy) is 1. The topological polar surface area (TPSA) is 24.5 Å². The minimum atomic E-state index is 0.536. The van der Waals surface area contributed by atoms with Gasteiger partial charge in [-0.3, -0.25) is 0 Å². The van der Waals surface area contributed by atoms with E-state index < -0.39 is 0 Å². The van der Waals surface area contributed by atoms with E-state index in [0.29, 0.717) is 12.0 Å². The van der Waals surface area contributed by atoms with Gasteiger partial charge in [-0.25, -0.2) is 0 Å². The van der Waals surface area contributed by atoms with Gasteiger partial charge in [0, 0.05) is 22.6 Å². The number of halogens is 1. The second kappa shape index (κ2) is 4.65. The number of likely N-dealkylation sites (N-methyl/N-ethyl adjacent to an activating group) is 1. The van der Waals surface area contributed by atoms with Crippen molar-refractivity contribution in [2.75, 3.05) is 36.5 Å². The fourth-order valence-electron chi connectivity index (χ4n) is 2.85. The molecule has 2 aliphatic heterocycles. The van der Waals surface area contributed by atoms with E-state index in [1.807, 2.05) is 0 Å². The molecule has 17 heavy (non-hydrogen) atoms. The highest BCUT2D eigenvalue weighted by atomic mass is 127. The van der Waals surface area contributed by atoms with Gasteiger partial charge in [0.2, 0.25) is 0 Å². The second-order valence-corrected chi connectivity index (χ2v) is 5.94. The van der Waals surface area contributed by atoms with Gasteiger partial charge in [0.1, 0.15) is 0 Å². The number of hydrogen-bond acceptors (Lipinski definition) is 3. The second-order valence-electron chi connectivity index (χ2n) is 4.69. The molecule has 0 radical (unpaired) electrons. The molecule has 0 bridgehead atoms. The first kappa shape index (κ1) is 11.6. The Balaban J connectivity index is 2.02. The van der Waals surface area contributed by atoms with Gasteiger partial charge in [0.05, 0.1) is 30.6 Å². The third-order valence-corrected chi connectivity index (χ3v) is 4.40. The normalized spacial score (nSPS) is 27.1. The van der Waals surface area contributed by atoms with Gasteiger partial charge in [0.15, 0.2) is 0 Å². The first-order valence-electron chi connectivity index (χ1n) is 6.17. The molecule has 2 heterocycles. The number of hydrogen-bond donors (Lipinski definition) is 1. The van der Waals surface area contributed by atoms with Crippen molar-refractivity contribution in [1.29, 1.82) is 0 Å². The Hall–Kier alpha value is -0.490. The monoisotopic (exact) mass is 344 g/mol. The molecule has 0 saturated carbocycles. The molecule has 92 valence electrons. The largest absolute Gasteiger partial charge is 0.383 e. The fraction of sp³-hybridized carbons (Fsp3) is 0.538. The predicted octanol–water partition coefficient (Wildman–Crippen LogP) is 2.56.